The summed E-state index contributed by atoms with van der Waals surface area (Å²) >= 11 is 1.57. The Morgan fingerprint density at radius 2 is 2.30 bits per heavy atom. The number of thiazole rings is 1. The number of carbonyl (C=O) groups excluding carboxylic acids is 1. The van der Waals surface area contributed by atoms with Crippen LogP contribution >= 0.6 is 11.3 Å². The van der Waals surface area contributed by atoms with E-state index in [0.717, 1.165) is 22.9 Å². The summed E-state index contributed by atoms with van der Waals surface area (Å²) in [5.41, 5.74) is 5.86. The molecule has 120 valence electrons. The molecule has 1 amide bonds. The van der Waals surface area contributed by atoms with E-state index in [-0.39, 0.29) is 17.3 Å². The maximum Gasteiger partial charge on any atom is 0.256 e. The molecule has 9 heteroatoms. The first-order chi connectivity index (χ1) is 11.2. The van der Waals surface area contributed by atoms with Crippen LogP contribution < -0.4 is 21.7 Å². The van der Waals surface area contributed by atoms with E-state index in [1.165, 1.54) is 6.20 Å². The van der Waals surface area contributed by atoms with Gasteiger partial charge in [-0.15, -0.1) is 11.3 Å². The Labute approximate surface area is 137 Å². The number of rotatable bonds is 1. The normalized spacial score (nSPS) is 16.6. The quantitative estimate of drug-likeness (QED) is 0.577. The summed E-state index contributed by atoms with van der Waals surface area (Å²) in [5, 5.41) is 9.70. The van der Waals surface area contributed by atoms with Crippen molar-refractivity contribution in [3.05, 3.63) is 29.2 Å². The molecule has 3 rings (SSSR count). The van der Waals surface area contributed by atoms with Crippen LogP contribution in [0.1, 0.15) is 17.1 Å². The maximum atomic E-state index is 12.3. The first-order valence-corrected chi connectivity index (χ1v) is 8.00. The van der Waals surface area contributed by atoms with Gasteiger partial charge in [0.1, 0.15) is 11.6 Å². The third kappa shape index (κ3) is 3.39. The van der Waals surface area contributed by atoms with Crippen molar-refractivity contribution in [2.45, 2.75) is 12.8 Å². The van der Waals surface area contributed by atoms with E-state index in [4.69, 9.17) is 5.73 Å². The van der Waals surface area contributed by atoms with E-state index in [9.17, 15) is 4.79 Å². The molecule has 0 radical (unpaired) electrons. The summed E-state index contributed by atoms with van der Waals surface area (Å²) in [6.07, 6.45) is 4.75. The Morgan fingerprint density at radius 1 is 1.43 bits per heavy atom. The van der Waals surface area contributed by atoms with Crippen LogP contribution in [0.3, 0.4) is 0 Å². The van der Waals surface area contributed by atoms with Gasteiger partial charge in [0, 0.05) is 36.9 Å². The van der Waals surface area contributed by atoms with Crippen molar-refractivity contribution in [1.82, 2.24) is 20.3 Å². The van der Waals surface area contributed by atoms with Crippen LogP contribution in [0.4, 0.5) is 16.8 Å². The zero-order valence-corrected chi connectivity index (χ0v) is 13.4. The number of aromatic nitrogens is 3. The average molecular weight is 331 g/mol. The van der Waals surface area contributed by atoms with Crippen LogP contribution in [0.5, 0.6) is 0 Å². The molecule has 0 spiro atoms. The molecule has 0 aliphatic carbocycles. The Balaban J connectivity index is 2.06. The van der Waals surface area contributed by atoms with Crippen molar-refractivity contribution in [2.75, 3.05) is 24.2 Å². The van der Waals surface area contributed by atoms with Crippen LogP contribution in [0.25, 0.3) is 5.57 Å². The van der Waals surface area contributed by atoms with Crippen molar-refractivity contribution in [3.63, 3.8) is 0 Å². The third-order valence-corrected chi connectivity index (χ3v) is 4.28. The molecule has 2 aromatic rings. The molecular weight excluding hydrogens is 314 g/mol. The van der Waals surface area contributed by atoms with Gasteiger partial charge in [0.05, 0.1) is 5.57 Å². The number of hydrogen-bond donors (Lipinski definition) is 4. The minimum Gasteiger partial charge on any atom is -0.404 e. The van der Waals surface area contributed by atoms with Crippen molar-refractivity contribution in [1.29, 1.82) is 0 Å². The molecule has 2 aromatic heterocycles. The lowest BCUT2D eigenvalue weighted by Crippen LogP contribution is -2.27. The Hall–Kier alpha value is -2.68. The molecule has 1 aliphatic heterocycles. The molecule has 0 unspecified atom stereocenters. The van der Waals surface area contributed by atoms with Gasteiger partial charge in [0.15, 0.2) is 11.0 Å². The lowest BCUT2D eigenvalue weighted by molar-refractivity contribution is -0.115. The number of nitrogens with zero attached hydrogens (tertiary/aromatic N) is 3. The second-order valence-electron chi connectivity index (χ2n) is 4.91. The highest BCUT2D eigenvalue weighted by Gasteiger charge is 2.17. The zero-order chi connectivity index (χ0) is 16.2. The number of amides is 1. The minimum absolute atomic E-state index is 0.239. The van der Waals surface area contributed by atoms with Gasteiger partial charge in [-0.3, -0.25) is 4.79 Å². The summed E-state index contributed by atoms with van der Waals surface area (Å²) in [7, 11) is 1.75. The van der Waals surface area contributed by atoms with Crippen LogP contribution in [-0.2, 0) is 11.2 Å². The monoisotopic (exact) mass is 331 g/mol. The molecule has 3 heterocycles. The predicted molar refractivity (Wildman–Crippen MR) is 90.5 cm³/mol. The number of carbonyl (C=O) groups is 1. The van der Waals surface area contributed by atoms with Gasteiger partial charge in [-0.05, 0) is 12.8 Å². The Kier molecular flexibility index (Phi) is 4.38. The van der Waals surface area contributed by atoms with Crippen LogP contribution in [-0.4, -0.2) is 34.5 Å². The highest BCUT2D eigenvalue weighted by molar-refractivity contribution is 7.15. The SMILES string of the molecule is CNc1cc2nc(n1)/C(=C\N)C(=O)NCCCc1cnc(s1)N2. The van der Waals surface area contributed by atoms with Gasteiger partial charge in [-0.25, -0.2) is 15.0 Å². The molecule has 0 saturated carbocycles. The Morgan fingerprint density at radius 3 is 3.09 bits per heavy atom. The second-order valence-corrected chi connectivity index (χ2v) is 6.02. The molecule has 4 bridgehead atoms. The van der Waals surface area contributed by atoms with Crippen LogP contribution in [0.2, 0.25) is 0 Å². The number of nitrogens with one attached hydrogen (secondary N) is 3. The molecule has 0 saturated heterocycles. The van der Waals surface area contributed by atoms with Crippen LogP contribution in [0, 0.1) is 0 Å². The number of nitrogens with two attached hydrogens (primary N) is 1. The van der Waals surface area contributed by atoms with Crippen molar-refractivity contribution >= 4 is 39.6 Å². The fraction of sp³-hybridized carbons (Fsp3) is 0.286. The van der Waals surface area contributed by atoms with Crippen molar-refractivity contribution in [2.24, 2.45) is 5.73 Å². The average Bonchev–Trinajstić information content (AvgIpc) is 2.99. The van der Waals surface area contributed by atoms with Gasteiger partial charge in [0.2, 0.25) is 0 Å². The standard InChI is InChI=1S/C14H17N7OS/c1-16-10-5-11-20-12(19-10)9(6-15)13(22)17-4-2-3-8-7-18-14(21-11)23-8/h5-7H,2-4,15H2,1H3,(H,17,22)(H2,16,18,19,20,21)/b9-6+. The van der Waals surface area contributed by atoms with E-state index in [1.807, 2.05) is 6.20 Å². The minimum atomic E-state index is -0.282. The molecule has 8 nitrogen and oxygen atoms in total. The molecular formula is C14H17N7OS. The Bertz CT molecular complexity index is 755. The summed E-state index contributed by atoms with van der Waals surface area (Å²) in [6.45, 7) is 0.551. The number of hydrogen-bond acceptors (Lipinski definition) is 8. The van der Waals surface area contributed by atoms with E-state index in [2.05, 4.69) is 30.9 Å². The lowest BCUT2D eigenvalue weighted by atomic mass is 10.2. The summed E-state index contributed by atoms with van der Waals surface area (Å²) in [4.78, 5) is 26.5. The molecule has 23 heavy (non-hydrogen) atoms. The van der Waals surface area contributed by atoms with E-state index < -0.39 is 0 Å². The summed E-state index contributed by atoms with van der Waals surface area (Å²) in [5.74, 6) is 1.11. The van der Waals surface area contributed by atoms with Gasteiger partial charge < -0.3 is 21.7 Å². The molecule has 0 atom stereocenters. The van der Waals surface area contributed by atoms with Crippen LogP contribution in [0.15, 0.2) is 18.5 Å². The summed E-state index contributed by atoms with van der Waals surface area (Å²) < 4.78 is 0. The largest absolute Gasteiger partial charge is 0.404 e. The number of fused-ring (bicyclic) bond motifs is 4. The van der Waals surface area contributed by atoms with Gasteiger partial charge in [0.25, 0.3) is 5.91 Å². The van der Waals surface area contributed by atoms with Gasteiger partial charge in [-0.2, -0.15) is 0 Å². The maximum absolute atomic E-state index is 12.3. The zero-order valence-electron chi connectivity index (χ0n) is 12.6. The molecule has 0 fully saturated rings. The topological polar surface area (TPSA) is 118 Å². The second kappa shape index (κ2) is 6.61. The molecule has 0 aromatic carbocycles. The third-order valence-electron chi connectivity index (χ3n) is 3.31. The summed E-state index contributed by atoms with van der Waals surface area (Å²) in [6, 6.07) is 1.75. The van der Waals surface area contributed by atoms with E-state index in [1.54, 1.807) is 24.5 Å². The van der Waals surface area contributed by atoms with E-state index >= 15 is 0 Å². The van der Waals surface area contributed by atoms with Gasteiger partial charge in [-0.1, -0.05) is 0 Å². The number of anilines is 3. The first kappa shape index (κ1) is 15.2. The fourth-order valence-corrected chi connectivity index (χ4v) is 3.02. The highest BCUT2D eigenvalue weighted by Crippen LogP contribution is 2.25. The smallest absolute Gasteiger partial charge is 0.256 e. The fourth-order valence-electron chi connectivity index (χ4n) is 2.16. The lowest BCUT2D eigenvalue weighted by Gasteiger charge is -2.10. The highest BCUT2D eigenvalue weighted by atomic mass is 32.1. The predicted octanol–water partition coefficient (Wildman–Crippen LogP) is 1.08. The van der Waals surface area contributed by atoms with Crippen molar-refractivity contribution < 1.29 is 4.79 Å². The molecule has 1 aliphatic rings. The van der Waals surface area contributed by atoms with Gasteiger partial charge >= 0.3 is 0 Å². The van der Waals surface area contributed by atoms with Crippen molar-refractivity contribution in [3.8, 4) is 0 Å². The first-order valence-electron chi connectivity index (χ1n) is 7.18. The molecule has 5 N–H and O–H groups in total. The number of aryl methyl sites for hydroxylation is 1. The van der Waals surface area contributed by atoms with E-state index in [0.29, 0.717) is 18.2 Å².